The van der Waals surface area contributed by atoms with E-state index in [1.54, 1.807) is 0 Å². The molecular weight excluding hydrogens is 186 g/mol. The first-order chi connectivity index (χ1) is 6.85. The molecule has 0 bridgehead atoms. The van der Waals surface area contributed by atoms with Crippen molar-refractivity contribution in [1.82, 2.24) is 10.6 Å². The van der Waals surface area contributed by atoms with E-state index in [-0.39, 0.29) is 5.54 Å². The van der Waals surface area contributed by atoms with Crippen molar-refractivity contribution in [3.63, 3.8) is 0 Å². The van der Waals surface area contributed by atoms with Crippen LogP contribution in [0.25, 0.3) is 0 Å². The van der Waals surface area contributed by atoms with E-state index in [9.17, 15) is 0 Å². The molecule has 0 unspecified atom stereocenters. The van der Waals surface area contributed by atoms with Gasteiger partial charge in [0.25, 0.3) is 0 Å². The van der Waals surface area contributed by atoms with Crippen molar-refractivity contribution in [3.8, 4) is 0 Å². The second-order valence-electron chi connectivity index (χ2n) is 5.32. The second-order valence-corrected chi connectivity index (χ2v) is 5.32. The molecule has 0 rings (SSSR count). The summed E-state index contributed by atoms with van der Waals surface area (Å²) in [6, 6.07) is 0. The first kappa shape index (κ1) is 14.3. The van der Waals surface area contributed by atoms with Gasteiger partial charge in [-0.25, -0.2) is 0 Å². The molecule has 2 N–H and O–H groups in total. The Labute approximate surface area is 94.7 Å². The van der Waals surface area contributed by atoms with Crippen LogP contribution in [0.2, 0.25) is 0 Å². The molecule has 3 heteroatoms. The van der Waals surface area contributed by atoms with Gasteiger partial charge in [-0.1, -0.05) is 13.8 Å². The van der Waals surface area contributed by atoms with Crippen LogP contribution in [0.4, 0.5) is 0 Å². The largest absolute Gasteiger partial charge is 0.357 e. The predicted octanol–water partition coefficient (Wildman–Crippen LogP) is 2.39. The van der Waals surface area contributed by atoms with Crippen molar-refractivity contribution in [1.29, 1.82) is 0 Å². The molecule has 0 aromatic heterocycles. The van der Waals surface area contributed by atoms with Crippen molar-refractivity contribution in [2.24, 2.45) is 10.9 Å². The molecule has 0 saturated heterocycles. The summed E-state index contributed by atoms with van der Waals surface area (Å²) < 4.78 is 0. The number of aliphatic imine (C=N–C) groups is 1. The van der Waals surface area contributed by atoms with E-state index in [0.717, 1.165) is 25.5 Å². The van der Waals surface area contributed by atoms with Gasteiger partial charge in [0, 0.05) is 18.6 Å². The third-order valence-electron chi connectivity index (χ3n) is 1.81. The molecule has 0 aromatic rings. The minimum atomic E-state index is 0.0683. The van der Waals surface area contributed by atoms with Crippen molar-refractivity contribution >= 4 is 5.96 Å². The Morgan fingerprint density at radius 3 is 2.27 bits per heavy atom. The fourth-order valence-electron chi connectivity index (χ4n) is 1.10. The zero-order valence-corrected chi connectivity index (χ0v) is 11.1. The van der Waals surface area contributed by atoms with Crippen LogP contribution in [0, 0.1) is 5.92 Å². The van der Waals surface area contributed by atoms with Crippen molar-refractivity contribution in [3.05, 3.63) is 0 Å². The van der Waals surface area contributed by atoms with Crippen LogP contribution in [-0.4, -0.2) is 24.6 Å². The maximum atomic E-state index is 4.53. The second kappa shape index (κ2) is 6.70. The van der Waals surface area contributed by atoms with Gasteiger partial charge in [-0.15, -0.1) is 0 Å². The lowest BCUT2D eigenvalue weighted by molar-refractivity contribution is 0.500. The lowest BCUT2D eigenvalue weighted by Gasteiger charge is -2.23. The van der Waals surface area contributed by atoms with E-state index >= 15 is 0 Å². The molecule has 0 aromatic carbocycles. The number of nitrogens with one attached hydrogen (secondary N) is 2. The summed E-state index contributed by atoms with van der Waals surface area (Å²) in [6.45, 7) is 14.8. The highest BCUT2D eigenvalue weighted by molar-refractivity contribution is 5.80. The van der Waals surface area contributed by atoms with Gasteiger partial charge in [0.2, 0.25) is 0 Å². The maximum Gasteiger partial charge on any atom is 0.191 e. The van der Waals surface area contributed by atoms with Gasteiger partial charge in [0.1, 0.15) is 0 Å². The molecule has 0 aliphatic rings. The summed E-state index contributed by atoms with van der Waals surface area (Å²) in [5, 5.41) is 6.62. The zero-order valence-electron chi connectivity index (χ0n) is 11.1. The van der Waals surface area contributed by atoms with Gasteiger partial charge in [-0.3, -0.25) is 4.99 Å². The summed E-state index contributed by atoms with van der Waals surface area (Å²) in [6.07, 6.45) is 1.14. The van der Waals surface area contributed by atoms with Crippen LogP contribution in [-0.2, 0) is 0 Å². The molecule has 0 aliphatic carbocycles. The lowest BCUT2D eigenvalue weighted by atomic mass is 10.1. The van der Waals surface area contributed by atoms with E-state index in [0.29, 0.717) is 5.92 Å². The average Bonchev–Trinajstić information content (AvgIpc) is 2.00. The van der Waals surface area contributed by atoms with Crippen LogP contribution < -0.4 is 10.6 Å². The number of hydrogen-bond donors (Lipinski definition) is 2. The Balaban J connectivity index is 4.13. The lowest BCUT2D eigenvalue weighted by Crippen LogP contribution is -2.47. The van der Waals surface area contributed by atoms with Gasteiger partial charge in [-0.2, -0.15) is 0 Å². The molecule has 0 aliphatic heterocycles. The van der Waals surface area contributed by atoms with Crippen LogP contribution in [0.3, 0.4) is 0 Å². The minimum absolute atomic E-state index is 0.0683. The molecule has 0 saturated carbocycles. The Hall–Kier alpha value is -0.730. The van der Waals surface area contributed by atoms with E-state index in [1.807, 2.05) is 0 Å². The van der Waals surface area contributed by atoms with Gasteiger partial charge in [-0.05, 0) is 40.0 Å². The first-order valence-corrected chi connectivity index (χ1v) is 5.91. The smallest absolute Gasteiger partial charge is 0.191 e. The Morgan fingerprint density at radius 2 is 1.87 bits per heavy atom. The zero-order chi connectivity index (χ0) is 11.9. The highest BCUT2D eigenvalue weighted by Crippen LogP contribution is 2.00. The Morgan fingerprint density at radius 1 is 1.27 bits per heavy atom. The van der Waals surface area contributed by atoms with Gasteiger partial charge in [0.05, 0.1) is 0 Å². The third kappa shape index (κ3) is 9.57. The van der Waals surface area contributed by atoms with Crippen molar-refractivity contribution in [2.75, 3.05) is 13.1 Å². The van der Waals surface area contributed by atoms with Gasteiger partial charge >= 0.3 is 0 Å². The Bertz CT molecular complexity index is 190. The SMILES string of the molecule is CCNC(=NCCC(C)C)NC(C)(C)C. The standard InChI is InChI=1S/C12H27N3/c1-7-13-11(15-12(4,5)6)14-9-8-10(2)3/h10H,7-9H2,1-6H3,(H2,13,14,15). The van der Waals surface area contributed by atoms with E-state index < -0.39 is 0 Å². The normalized spacial score (nSPS) is 13.1. The summed E-state index contributed by atoms with van der Waals surface area (Å²) in [7, 11) is 0. The number of rotatable bonds is 4. The molecule has 90 valence electrons. The highest BCUT2D eigenvalue weighted by atomic mass is 15.2. The van der Waals surface area contributed by atoms with Gasteiger partial charge < -0.3 is 10.6 Å². The van der Waals surface area contributed by atoms with Crippen LogP contribution >= 0.6 is 0 Å². The number of hydrogen-bond acceptors (Lipinski definition) is 1. The van der Waals surface area contributed by atoms with E-state index in [1.165, 1.54) is 0 Å². The molecule has 3 nitrogen and oxygen atoms in total. The molecule has 0 fully saturated rings. The monoisotopic (exact) mass is 213 g/mol. The first-order valence-electron chi connectivity index (χ1n) is 5.91. The van der Waals surface area contributed by atoms with E-state index in [2.05, 4.69) is 57.2 Å². The summed E-state index contributed by atoms with van der Waals surface area (Å²) in [4.78, 5) is 4.53. The van der Waals surface area contributed by atoms with Crippen LogP contribution in [0.15, 0.2) is 4.99 Å². The molecule has 0 radical (unpaired) electrons. The summed E-state index contributed by atoms with van der Waals surface area (Å²) in [5.74, 6) is 1.64. The predicted molar refractivity (Wildman–Crippen MR) is 68.3 cm³/mol. The molecule has 0 heterocycles. The maximum absolute atomic E-state index is 4.53. The fourth-order valence-corrected chi connectivity index (χ4v) is 1.10. The third-order valence-corrected chi connectivity index (χ3v) is 1.81. The van der Waals surface area contributed by atoms with E-state index in [4.69, 9.17) is 0 Å². The summed E-state index contributed by atoms with van der Waals surface area (Å²) >= 11 is 0. The topological polar surface area (TPSA) is 36.4 Å². The highest BCUT2D eigenvalue weighted by Gasteiger charge is 2.11. The molecule has 0 atom stereocenters. The molecule has 15 heavy (non-hydrogen) atoms. The van der Waals surface area contributed by atoms with Crippen molar-refractivity contribution in [2.45, 2.75) is 53.5 Å². The average molecular weight is 213 g/mol. The number of guanidine groups is 1. The summed E-state index contributed by atoms with van der Waals surface area (Å²) in [5.41, 5.74) is 0.0683. The van der Waals surface area contributed by atoms with Crippen LogP contribution in [0.5, 0.6) is 0 Å². The quantitative estimate of drug-likeness (QED) is 0.556. The minimum Gasteiger partial charge on any atom is -0.357 e. The molecule has 0 spiro atoms. The van der Waals surface area contributed by atoms with Crippen LogP contribution in [0.1, 0.15) is 48.0 Å². The fraction of sp³-hybridized carbons (Fsp3) is 0.917. The molecule has 0 amide bonds. The molecular formula is C12H27N3. The number of nitrogens with zero attached hydrogens (tertiary/aromatic N) is 1. The van der Waals surface area contributed by atoms with Gasteiger partial charge in [0.15, 0.2) is 5.96 Å². The Kier molecular flexibility index (Phi) is 6.37. The van der Waals surface area contributed by atoms with Crippen molar-refractivity contribution < 1.29 is 0 Å².